The third-order valence-corrected chi connectivity index (χ3v) is 14.6. The van der Waals surface area contributed by atoms with Crippen LogP contribution < -0.4 is 9.47 Å². The number of aliphatic hydroxyl groups excluding tert-OH is 2. The third-order valence-electron chi connectivity index (χ3n) is 14.6. The van der Waals surface area contributed by atoms with Gasteiger partial charge >= 0.3 is 0 Å². The van der Waals surface area contributed by atoms with Crippen LogP contribution in [0.15, 0.2) is 175 Å². The van der Waals surface area contributed by atoms with Gasteiger partial charge in [-0.05, 0) is 113 Å². The maximum absolute atomic E-state index is 15.5. The summed E-state index contributed by atoms with van der Waals surface area (Å²) in [6, 6.07) is 41.2. The highest BCUT2D eigenvalue weighted by Gasteiger charge is 2.65. The van der Waals surface area contributed by atoms with Gasteiger partial charge in [-0.3, -0.25) is 14.9 Å². The van der Waals surface area contributed by atoms with Crippen molar-refractivity contribution >= 4 is 34.2 Å². The molecule has 12 nitrogen and oxygen atoms in total. The predicted molar refractivity (Wildman–Crippen MR) is 284 cm³/mol. The Hall–Kier alpha value is -7.45. The summed E-state index contributed by atoms with van der Waals surface area (Å²) in [6.45, 7) is 4.57. The van der Waals surface area contributed by atoms with E-state index in [0.717, 1.165) is 58.7 Å². The van der Waals surface area contributed by atoms with Crippen LogP contribution in [-0.2, 0) is 34.1 Å². The van der Waals surface area contributed by atoms with Gasteiger partial charge in [-0.25, -0.2) is 4.39 Å². The highest BCUT2D eigenvalue weighted by molar-refractivity contribution is 6.03. The van der Waals surface area contributed by atoms with Gasteiger partial charge in [0.1, 0.15) is 36.6 Å². The number of non-ortho nitro benzene ring substituents is 1. The van der Waals surface area contributed by atoms with E-state index in [1.165, 1.54) is 24.3 Å². The highest BCUT2D eigenvalue weighted by atomic mass is 19.1. The van der Waals surface area contributed by atoms with Gasteiger partial charge in [-0.15, -0.1) is 6.58 Å². The predicted octanol–water partition coefficient (Wildman–Crippen LogP) is 12.0. The number of unbranched alkanes of at least 4 members (excludes halogenated alkanes) is 2. The number of amides is 1. The van der Waals surface area contributed by atoms with Gasteiger partial charge in [-0.2, -0.15) is 0 Å². The number of carbonyl (C=O) groups excluding carboxylic acids is 1. The van der Waals surface area contributed by atoms with E-state index in [1.54, 1.807) is 47.4 Å². The quantitative estimate of drug-likeness (QED) is 0.0210. The molecule has 0 saturated heterocycles. The summed E-state index contributed by atoms with van der Waals surface area (Å²) in [5.74, 6) is -2.26. The number of oxime groups is 1. The van der Waals surface area contributed by atoms with E-state index in [-0.39, 0.29) is 81.2 Å². The van der Waals surface area contributed by atoms with Crippen molar-refractivity contribution in [1.82, 2.24) is 4.90 Å². The molecule has 9 rings (SSSR count). The minimum atomic E-state index is -1.57. The number of aliphatic hydroxyl groups is 2. The van der Waals surface area contributed by atoms with Crippen LogP contribution in [0.1, 0.15) is 78.7 Å². The molecule has 6 unspecified atom stereocenters. The molecule has 1 amide bonds. The van der Waals surface area contributed by atoms with Crippen LogP contribution in [0.3, 0.4) is 0 Å². The number of halogens is 1. The Morgan fingerprint density at radius 3 is 2.36 bits per heavy atom. The van der Waals surface area contributed by atoms with Crippen LogP contribution in [0.2, 0.25) is 0 Å². The summed E-state index contributed by atoms with van der Waals surface area (Å²) in [6.07, 6.45) is 11.5. The monoisotopic (exact) mass is 999 g/mol. The van der Waals surface area contributed by atoms with E-state index >= 15 is 4.79 Å². The molecule has 1 heterocycles. The van der Waals surface area contributed by atoms with E-state index in [9.17, 15) is 24.7 Å². The molecule has 13 heteroatoms. The first-order chi connectivity index (χ1) is 36.2. The number of allylic oxidation sites excluding steroid dienone is 1. The molecule has 74 heavy (non-hydrogen) atoms. The van der Waals surface area contributed by atoms with Crippen molar-refractivity contribution in [3.05, 3.63) is 214 Å². The van der Waals surface area contributed by atoms with Crippen LogP contribution >= 0.6 is 0 Å². The molecule has 2 N–H and O–H groups in total. The fraction of sp³-hybridized carbons (Fsp3) is 0.311. The Kier molecular flexibility index (Phi) is 16.7. The molecule has 2 aliphatic carbocycles. The van der Waals surface area contributed by atoms with E-state index in [0.29, 0.717) is 41.2 Å². The van der Waals surface area contributed by atoms with Crippen molar-refractivity contribution < 1.29 is 43.4 Å². The molecule has 1 aliphatic heterocycles. The first-order valence-electron chi connectivity index (χ1n) is 25.5. The maximum Gasteiger partial charge on any atom is 0.269 e. The molecule has 0 radical (unpaired) electrons. The van der Waals surface area contributed by atoms with Gasteiger partial charge in [0.2, 0.25) is 11.7 Å². The van der Waals surface area contributed by atoms with Gasteiger partial charge in [0.05, 0.1) is 23.2 Å². The normalized spacial score (nSPS) is 21.3. The van der Waals surface area contributed by atoms with Gasteiger partial charge in [0, 0.05) is 61.4 Å². The number of nitro groups is 1. The lowest BCUT2D eigenvalue weighted by Crippen LogP contribution is -2.70. The van der Waals surface area contributed by atoms with Crippen LogP contribution in [-0.4, -0.2) is 63.3 Å². The summed E-state index contributed by atoms with van der Waals surface area (Å²) < 4.78 is 36.1. The molecular weight excluding hydrogens is 938 g/mol. The number of ether oxygens (including phenoxy) is 3. The van der Waals surface area contributed by atoms with Gasteiger partial charge in [0.25, 0.3) is 5.69 Å². The first kappa shape index (κ1) is 51.5. The average Bonchev–Trinajstić information content (AvgIpc) is 3.46. The largest absolute Gasteiger partial charge is 0.489 e. The lowest BCUT2D eigenvalue weighted by Gasteiger charge is -2.60. The summed E-state index contributed by atoms with van der Waals surface area (Å²) in [5, 5.41) is 38.7. The average molecular weight is 1000 g/mol. The number of rotatable bonds is 23. The second-order valence-corrected chi connectivity index (χ2v) is 19.2. The van der Waals surface area contributed by atoms with E-state index in [2.05, 4.69) is 12.7 Å². The standard InChI is InChI=1S/C61H62FN3O9/c1-2-35-72-61-57(64(39-46-21-14-20-44-17-6-8-22-50(44)46)58(68)32-27-42-25-28-48(29-26-42)65(69)70)38-55(63-73-40-43-15-4-3-5-16-43)52-36-45(18-10-12-33-66)51(23-11-13-34-67)59(60(52)61)53-37-49(30-31-56(53)74-61)71-41-47-19-7-9-24-54(47)62/h2-9,14-17,19-22,24-32,36-37,45,51,57,59-60,66-67H,1,10-13,18,23,33-35,38-41H2. The Morgan fingerprint density at radius 2 is 1.59 bits per heavy atom. The maximum atomic E-state index is 15.5. The Morgan fingerprint density at radius 1 is 0.865 bits per heavy atom. The zero-order valence-corrected chi connectivity index (χ0v) is 41.3. The van der Waals surface area contributed by atoms with Crippen molar-refractivity contribution in [2.24, 2.45) is 22.9 Å². The van der Waals surface area contributed by atoms with E-state index < -0.39 is 22.7 Å². The smallest absolute Gasteiger partial charge is 0.269 e. The third kappa shape index (κ3) is 11.4. The molecule has 1 fully saturated rings. The first-order valence-corrected chi connectivity index (χ1v) is 25.5. The minimum absolute atomic E-state index is 0.00206. The molecule has 3 aliphatic rings. The molecule has 382 valence electrons. The Labute approximate surface area is 431 Å². The zero-order valence-electron chi connectivity index (χ0n) is 41.3. The van der Waals surface area contributed by atoms with Gasteiger partial charge < -0.3 is 34.2 Å². The fourth-order valence-electron chi connectivity index (χ4n) is 11.2. The van der Waals surface area contributed by atoms with E-state index in [4.69, 9.17) is 24.2 Å². The van der Waals surface area contributed by atoms with Gasteiger partial charge in [0.15, 0.2) is 0 Å². The van der Waals surface area contributed by atoms with Crippen LogP contribution in [0.5, 0.6) is 11.5 Å². The van der Waals surface area contributed by atoms with Crippen molar-refractivity contribution in [2.45, 2.75) is 82.5 Å². The lowest BCUT2D eigenvalue weighted by molar-refractivity contribution is -0.384. The molecule has 0 bridgehead atoms. The Balaban J connectivity index is 1.25. The lowest BCUT2D eigenvalue weighted by atomic mass is 9.55. The van der Waals surface area contributed by atoms with Crippen LogP contribution in [0.25, 0.3) is 16.8 Å². The summed E-state index contributed by atoms with van der Waals surface area (Å²) in [4.78, 5) is 34.8. The molecule has 6 aromatic rings. The molecular formula is C61H62FN3O9. The topological polar surface area (TPSA) is 153 Å². The molecule has 6 aromatic carbocycles. The summed E-state index contributed by atoms with van der Waals surface area (Å²) >= 11 is 0. The number of hydrogen-bond acceptors (Lipinski definition) is 10. The molecule has 0 aromatic heterocycles. The molecule has 6 atom stereocenters. The summed E-state index contributed by atoms with van der Waals surface area (Å²) in [5.41, 5.74) is 5.13. The van der Waals surface area contributed by atoms with Crippen LogP contribution in [0.4, 0.5) is 10.1 Å². The Bertz CT molecular complexity index is 3010. The van der Waals surface area contributed by atoms with Crippen molar-refractivity contribution in [3.8, 4) is 11.5 Å². The minimum Gasteiger partial charge on any atom is -0.489 e. The SMILES string of the molecule is C=CCOC12Oc3ccc(OCc4ccccc4F)cc3C3C(CCCCO)C(CCCCO)C=C(C(=NOCc4ccccc4)CC1N(Cc1cccc4ccccc14)C(=O)C=Cc1ccc([N+](=O)[O-])cc1)C32. The number of hydrogen-bond donors (Lipinski definition) is 2. The zero-order chi connectivity index (χ0) is 51.4. The number of carbonyl (C=O) groups is 1. The molecule has 1 saturated carbocycles. The van der Waals surface area contributed by atoms with Crippen LogP contribution in [0, 0.1) is 33.7 Å². The number of nitrogens with zero attached hydrogens (tertiary/aromatic N) is 3. The molecule has 0 spiro atoms. The van der Waals surface area contributed by atoms with Crippen molar-refractivity contribution in [1.29, 1.82) is 0 Å². The number of nitro benzene ring substituents is 1. The second kappa shape index (κ2) is 24.1. The van der Waals surface area contributed by atoms with Crippen molar-refractivity contribution in [2.75, 3.05) is 19.8 Å². The number of benzene rings is 6. The number of fused-ring (bicyclic) bond motifs is 3. The van der Waals surface area contributed by atoms with Gasteiger partial charge in [-0.1, -0.05) is 121 Å². The fourth-order valence-corrected chi connectivity index (χ4v) is 11.2. The highest BCUT2D eigenvalue weighted by Crippen LogP contribution is 2.62. The summed E-state index contributed by atoms with van der Waals surface area (Å²) in [7, 11) is 0. The van der Waals surface area contributed by atoms with E-state index in [1.807, 2.05) is 91.0 Å². The second-order valence-electron chi connectivity index (χ2n) is 19.2. The van der Waals surface area contributed by atoms with Crippen molar-refractivity contribution in [3.63, 3.8) is 0 Å².